The highest BCUT2D eigenvalue weighted by molar-refractivity contribution is 5.27. The molecule has 0 saturated heterocycles. The molecule has 1 atom stereocenters. The molecule has 0 spiro atoms. The quantitative estimate of drug-likeness (QED) is 0.756. The summed E-state index contributed by atoms with van der Waals surface area (Å²) in [5.41, 5.74) is 0.351. The van der Waals surface area contributed by atoms with Crippen molar-refractivity contribution in [3.05, 3.63) is 30.1 Å². The molecule has 3 nitrogen and oxygen atoms in total. The van der Waals surface area contributed by atoms with E-state index in [1.54, 1.807) is 12.4 Å². The van der Waals surface area contributed by atoms with Crippen LogP contribution < -0.4 is 5.32 Å². The van der Waals surface area contributed by atoms with Gasteiger partial charge in [-0.05, 0) is 31.2 Å². The van der Waals surface area contributed by atoms with E-state index in [1.165, 1.54) is 0 Å². The second-order valence-corrected chi connectivity index (χ2v) is 3.00. The summed E-state index contributed by atoms with van der Waals surface area (Å²) in [5, 5.41) is 12.2. The third-order valence-corrected chi connectivity index (χ3v) is 2.01. The molecule has 1 N–H and O–H groups in total. The van der Waals surface area contributed by atoms with Crippen molar-refractivity contribution < 1.29 is 0 Å². The van der Waals surface area contributed by atoms with Gasteiger partial charge in [-0.15, -0.1) is 0 Å². The molecule has 1 aromatic heterocycles. The number of hydrogen-bond acceptors (Lipinski definition) is 3. The summed E-state index contributed by atoms with van der Waals surface area (Å²) < 4.78 is 0. The molecule has 1 aromatic rings. The van der Waals surface area contributed by atoms with E-state index >= 15 is 0 Å². The first-order valence-corrected chi connectivity index (χ1v) is 4.29. The van der Waals surface area contributed by atoms with Crippen molar-refractivity contribution >= 4 is 0 Å². The van der Waals surface area contributed by atoms with Gasteiger partial charge in [0.15, 0.2) is 0 Å². The molecule has 0 aliphatic carbocycles. The molecule has 13 heavy (non-hydrogen) atoms. The molecule has 0 saturated carbocycles. The van der Waals surface area contributed by atoms with Crippen LogP contribution in [0.5, 0.6) is 0 Å². The minimum atomic E-state index is -0.600. The summed E-state index contributed by atoms with van der Waals surface area (Å²) in [5.74, 6) is 0. The van der Waals surface area contributed by atoms with Gasteiger partial charge < -0.3 is 0 Å². The minimum Gasteiger partial charge on any atom is -0.296 e. The Morgan fingerprint density at radius 1 is 1.54 bits per heavy atom. The smallest absolute Gasteiger partial charge is 0.129 e. The number of pyridine rings is 1. The molecule has 0 aliphatic heterocycles. The molecule has 1 unspecified atom stereocenters. The molecule has 0 aliphatic rings. The summed E-state index contributed by atoms with van der Waals surface area (Å²) >= 11 is 0. The summed E-state index contributed by atoms with van der Waals surface area (Å²) in [7, 11) is 0. The van der Waals surface area contributed by atoms with Gasteiger partial charge in [0.2, 0.25) is 0 Å². The van der Waals surface area contributed by atoms with Gasteiger partial charge in [0.1, 0.15) is 5.54 Å². The van der Waals surface area contributed by atoms with Gasteiger partial charge in [-0.1, -0.05) is 6.92 Å². The van der Waals surface area contributed by atoms with Crippen molar-refractivity contribution in [2.24, 2.45) is 0 Å². The van der Waals surface area contributed by atoms with Gasteiger partial charge in [-0.2, -0.15) is 5.26 Å². The molecule has 1 rings (SSSR count). The number of rotatable bonds is 3. The van der Waals surface area contributed by atoms with E-state index < -0.39 is 5.54 Å². The van der Waals surface area contributed by atoms with E-state index in [1.807, 2.05) is 26.0 Å². The number of nitriles is 1. The van der Waals surface area contributed by atoms with Gasteiger partial charge in [0, 0.05) is 12.4 Å². The Kier molecular flexibility index (Phi) is 2.99. The van der Waals surface area contributed by atoms with Crippen LogP contribution in [0.1, 0.15) is 19.4 Å². The van der Waals surface area contributed by atoms with Gasteiger partial charge in [-0.25, -0.2) is 0 Å². The zero-order valence-corrected chi connectivity index (χ0v) is 7.91. The zero-order valence-electron chi connectivity index (χ0n) is 7.91. The van der Waals surface area contributed by atoms with E-state index in [4.69, 9.17) is 5.26 Å². The SMILES string of the molecule is CCNC(C)(C#N)c1ccncc1. The van der Waals surface area contributed by atoms with Crippen molar-refractivity contribution in [1.82, 2.24) is 10.3 Å². The number of nitrogens with one attached hydrogen (secondary N) is 1. The van der Waals surface area contributed by atoms with Crippen molar-refractivity contribution in [3.8, 4) is 6.07 Å². The topological polar surface area (TPSA) is 48.7 Å². The molecule has 0 bridgehead atoms. The number of nitrogens with zero attached hydrogens (tertiary/aromatic N) is 2. The van der Waals surface area contributed by atoms with Crippen LogP contribution in [-0.4, -0.2) is 11.5 Å². The van der Waals surface area contributed by atoms with Crippen LogP contribution in [0, 0.1) is 11.3 Å². The Balaban J connectivity index is 2.98. The lowest BCUT2D eigenvalue weighted by molar-refractivity contribution is 0.481. The minimum absolute atomic E-state index is 0.600. The molecule has 1 heterocycles. The van der Waals surface area contributed by atoms with Gasteiger partial charge >= 0.3 is 0 Å². The molecule has 0 fully saturated rings. The van der Waals surface area contributed by atoms with Crippen LogP contribution in [0.2, 0.25) is 0 Å². The van der Waals surface area contributed by atoms with Crippen molar-refractivity contribution in [2.45, 2.75) is 19.4 Å². The van der Waals surface area contributed by atoms with Crippen LogP contribution in [0.3, 0.4) is 0 Å². The molecule has 0 aromatic carbocycles. The average molecular weight is 175 g/mol. The lowest BCUT2D eigenvalue weighted by Gasteiger charge is -2.22. The van der Waals surface area contributed by atoms with Crippen LogP contribution in [-0.2, 0) is 5.54 Å². The van der Waals surface area contributed by atoms with Gasteiger partial charge in [0.05, 0.1) is 6.07 Å². The lowest BCUT2D eigenvalue weighted by Crippen LogP contribution is -2.37. The normalized spacial score (nSPS) is 14.5. The Hall–Kier alpha value is -1.40. The zero-order chi connectivity index (χ0) is 9.73. The Morgan fingerprint density at radius 3 is 2.62 bits per heavy atom. The third-order valence-electron chi connectivity index (χ3n) is 2.01. The molecule has 0 amide bonds. The maximum Gasteiger partial charge on any atom is 0.129 e. The predicted molar refractivity (Wildman–Crippen MR) is 50.9 cm³/mol. The first-order chi connectivity index (χ1) is 6.23. The fourth-order valence-electron chi connectivity index (χ4n) is 1.24. The number of aromatic nitrogens is 1. The fourth-order valence-corrected chi connectivity index (χ4v) is 1.24. The maximum atomic E-state index is 9.04. The van der Waals surface area contributed by atoms with E-state index in [0.29, 0.717) is 0 Å². The first kappa shape index (κ1) is 9.69. The van der Waals surface area contributed by atoms with E-state index in [2.05, 4.69) is 16.4 Å². The molecular weight excluding hydrogens is 162 g/mol. The highest BCUT2D eigenvalue weighted by atomic mass is 15.0. The molecule has 3 heteroatoms. The molecular formula is C10H13N3. The van der Waals surface area contributed by atoms with Gasteiger partial charge in [-0.3, -0.25) is 10.3 Å². The van der Waals surface area contributed by atoms with Crippen molar-refractivity contribution in [1.29, 1.82) is 5.26 Å². The third kappa shape index (κ3) is 2.04. The van der Waals surface area contributed by atoms with Crippen LogP contribution in [0.4, 0.5) is 0 Å². The Morgan fingerprint density at radius 2 is 2.15 bits per heavy atom. The largest absolute Gasteiger partial charge is 0.296 e. The number of hydrogen-bond donors (Lipinski definition) is 1. The summed E-state index contributed by atoms with van der Waals surface area (Å²) in [6.45, 7) is 4.62. The summed E-state index contributed by atoms with van der Waals surface area (Å²) in [6.07, 6.45) is 3.39. The highest BCUT2D eigenvalue weighted by Gasteiger charge is 2.24. The van der Waals surface area contributed by atoms with Crippen molar-refractivity contribution in [2.75, 3.05) is 6.54 Å². The lowest BCUT2D eigenvalue weighted by atomic mass is 9.95. The van der Waals surface area contributed by atoms with E-state index in [-0.39, 0.29) is 0 Å². The van der Waals surface area contributed by atoms with Crippen molar-refractivity contribution in [3.63, 3.8) is 0 Å². The maximum absolute atomic E-state index is 9.04. The van der Waals surface area contributed by atoms with E-state index in [0.717, 1.165) is 12.1 Å². The molecule has 0 radical (unpaired) electrons. The van der Waals surface area contributed by atoms with E-state index in [9.17, 15) is 0 Å². The second-order valence-electron chi connectivity index (χ2n) is 3.00. The van der Waals surface area contributed by atoms with Gasteiger partial charge in [0.25, 0.3) is 0 Å². The first-order valence-electron chi connectivity index (χ1n) is 4.29. The van der Waals surface area contributed by atoms with Crippen LogP contribution >= 0.6 is 0 Å². The average Bonchev–Trinajstić information content (AvgIpc) is 2.19. The highest BCUT2D eigenvalue weighted by Crippen LogP contribution is 2.18. The summed E-state index contributed by atoms with van der Waals surface area (Å²) in [4.78, 5) is 3.92. The van der Waals surface area contributed by atoms with Crippen LogP contribution in [0.25, 0.3) is 0 Å². The monoisotopic (exact) mass is 175 g/mol. The predicted octanol–water partition coefficient (Wildman–Crippen LogP) is 1.43. The fraction of sp³-hybridized carbons (Fsp3) is 0.400. The Labute approximate surface area is 78.4 Å². The summed E-state index contributed by atoms with van der Waals surface area (Å²) in [6, 6.07) is 5.96. The van der Waals surface area contributed by atoms with Crippen LogP contribution in [0.15, 0.2) is 24.5 Å². The molecule has 68 valence electrons. The standard InChI is InChI=1S/C10H13N3/c1-3-13-10(2,8-11)9-4-6-12-7-5-9/h4-7,13H,3H2,1-2H3. The second kappa shape index (κ2) is 4.01. The Bertz CT molecular complexity index is 302.